The number of piperidine rings is 1. The van der Waals surface area contributed by atoms with Crippen LogP contribution in [0.2, 0.25) is 0 Å². The molecule has 7 nitrogen and oxygen atoms in total. The molecule has 7 heteroatoms. The Hall–Kier alpha value is -2.18. The summed E-state index contributed by atoms with van der Waals surface area (Å²) in [7, 11) is 3.69. The van der Waals surface area contributed by atoms with Gasteiger partial charge in [0.05, 0.1) is 24.0 Å². The van der Waals surface area contributed by atoms with E-state index in [1.165, 1.54) is 0 Å². The fourth-order valence-electron chi connectivity index (χ4n) is 1.82. The van der Waals surface area contributed by atoms with Gasteiger partial charge in [-0.2, -0.15) is 0 Å². The van der Waals surface area contributed by atoms with Gasteiger partial charge in [-0.1, -0.05) is 0 Å². The third kappa shape index (κ3) is 3.40. The molecule has 0 bridgehead atoms. The van der Waals surface area contributed by atoms with Gasteiger partial charge in [0.1, 0.15) is 0 Å². The molecule has 1 aromatic rings. The molecule has 2 N–H and O–H groups in total. The zero-order chi connectivity index (χ0) is 13.8. The minimum atomic E-state index is -0.189. The summed E-state index contributed by atoms with van der Waals surface area (Å²) in [5.74, 6) is 0.290. The van der Waals surface area contributed by atoms with E-state index in [-0.39, 0.29) is 17.7 Å². The predicted octanol–water partition coefficient (Wildman–Crippen LogP) is 0.00730. The molecule has 2 rings (SSSR count). The molecule has 0 radical (unpaired) electrons. The van der Waals surface area contributed by atoms with Gasteiger partial charge < -0.3 is 15.5 Å². The standard InChI is InChI=1S/C12H17N5O2/c1-17(2)12-14-6-9(7-15-12)16-11(19)8-3-4-10(18)13-5-8/h6-8H,3-5H2,1-2H3,(H,13,18)(H,16,19). The van der Waals surface area contributed by atoms with Crippen LogP contribution in [0.5, 0.6) is 0 Å². The first-order valence-electron chi connectivity index (χ1n) is 6.13. The highest BCUT2D eigenvalue weighted by atomic mass is 16.2. The van der Waals surface area contributed by atoms with Gasteiger partial charge in [0, 0.05) is 27.1 Å². The van der Waals surface area contributed by atoms with Gasteiger partial charge in [-0.25, -0.2) is 9.97 Å². The van der Waals surface area contributed by atoms with Crippen molar-refractivity contribution in [2.75, 3.05) is 30.9 Å². The predicted molar refractivity (Wildman–Crippen MR) is 70.7 cm³/mol. The zero-order valence-electron chi connectivity index (χ0n) is 11.0. The molecule has 0 saturated carbocycles. The monoisotopic (exact) mass is 263 g/mol. The van der Waals surface area contributed by atoms with Crippen LogP contribution >= 0.6 is 0 Å². The molecule has 2 heterocycles. The van der Waals surface area contributed by atoms with Crippen LogP contribution in [0, 0.1) is 5.92 Å². The van der Waals surface area contributed by atoms with Crippen LogP contribution in [0.25, 0.3) is 0 Å². The average molecular weight is 263 g/mol. The lowest BCUT2D eigenvalue weighted by molar-refractivity contribution is -0.126. The summed E-state index contributed by atoms with van der Waals surface area (Å²) in [4.78, 5) is 33.0. The fraction of sp³-hybridized carbons (Fsp3) is 0.500. The number of amides is 2. The van der Waals surface area contributed by atoms with Crippen molar-refractivity contribution in [1.82, 2.24) is 15.3 Å². The highest BCUT2D eigenvalue weighted by molar-refractivity contribution is 5.93. The van der Waals surface area contributed by atoms with Crippen LogP contribution in [0.15, 0.2) is 12.4 Å². The second-order valence-corrected chi connectivity index (χ2v) is 4.70. The molecular weight excluding hydrogens is 246 g/mol. The molecule has 1 aromatic heterocycles. The third-order valence-electron chi connectivity index (χ3n) is 2.94. The van der Waals surface area contributed by atoms with E-state index >= 15 is 0 Å². The van der Waals surface area contributed by atoms with E-state index in [0.717, 1.165) is 0 Å². The van der Waals surface area contributed by atoms with E-state index in [1.807, 2.05) is 14.1 Å². The Kier molecular flexibility index (Phi) is 3.94. The van der Waals surface area contributed by atoms with Crippen molar-refractivity contribution in [2.24, 2.45) is 5.92 Å². The molecule has 1 aliphatic heterocycles. The lowest BCUT2D eigenvalue weighted by Gasteiger charge is -2.21. The van der Waals surface area contributed by atoms with E-state index < -0.39 is 0 Å². The van der Waals surface area contributed by atoms with Crippen molar-refractivity contribution in [1.29, 1.82) is 0 Å². The molecule has 0 spiro atoms. The lowest BCUT2D eigenvalue weighted by atomic mass is 9.98. The molecule has 19 heavy (non-hydrogen) atoms. The second-order valence-electron chi connectivity index (χ2n) is 4.70. The lowest BCUT2D eigenvalue weighted by Crippen LogP contribution is -2.40. The first-order chi connectivity index (χ1) is 9.06. The van der Waals surface area contributed by atoms with Crippen LogP contribution in [0.1, 0.15) is 12.8 Å². The van der Waals surface area contributed by atoms with E-state index in [0.29, 0.717) is 31.0 Å². The van der Waals surface area contributed by atoms with E-state index in [1.54, 1.807) is 17.3 Å². The number of rotatable bonds is 3. The van der Waals surface area contributed by atoms with Crippen molar-refractivity contribution >= 4 is 23.5 Å². The van der Waals surface area contributed by atoms with Crippen LogP contribution < -0.4 is 15.5 Å². The maximum Gasteiger partial charge on any atom is 0.229 e. The summed E-state index contributed by atoms with van der Waals surface area (Å²) in [5, 5.41) is 5.44. The zero-order valence-corrected chi connectivity index (χ0v) is 11.0. The molecule has 1 saturated heterocycles. The Morgan fingerprint density at radius 2 is 2.11 bits per heavy atom. The number of carbonyl (C=O) groups excluding carboxylic acids is 2. The van der Waals surface area contributed by atoms with Crippen molar-refractivity contribution in [3.63, 3.8) is 0 Å². The van der Waals surface area contributed by atoms with E-state index in [4.69, 9.17) is 0 Å². The van der Waals surface area contributed by atoms with Gasteiger partial charge >= 0.3 is 0 Å². The first kappa shape index (κ1) is 13.3. The average Bonchev–Trinajstić information content (AvgIpc) is 2.40. The Morgan fingerprint density at radius 3 is 2.63 bits per heavy atom. The van der Waals surface area contributed by atoms with E-state index in [9.17, 15) is 9.59 Å². The van der Waals surface area contributed by atoms with Crippen molar-refractivity contribution < 1.29 is 9.59 Å². The normalized spacial score (nSPS) is 18.6. The highest BCUT2D eigenvalue weighted by Crippen LogP contribution is 2.14. The summed E-state index contributed by atoms with van der Waals surface area (Å²) >= 11 is 0. The van der Waals surface area contributed by atoms with Crippen LogP contribution in [-0.2, 0) is 9.59 Å². The molecule has 1 fully saturated rings. The molecule has 102 valence electrons. The minimum Gasteiger partial charge on any atom is -0.355 e. The quantitative estimate of drug-likeness (QED) is 0.802. The maximum absolute atomic E-state index is 12.0. The summed E-state index contributed by atoms with van der Waals surface area (Å²) in [5.41, 5.74) is 0.563. The van der Waals surface area contributed by atoms with Gasteiger partial charge in [0.25, 0.3) is 0 Å². The molecule has 2 amide bonds. The highest BCUT2D eigenvalue weighted by Gasteiger charge is 2.24. The summed E-state index contributed by atoms with van der Waals surface area (Å²) in [6.45, 7) is 0.390. The maximum atomic E-state index is 12.0. The number of nitrogens with zero attached hydrogens (tertiary/aromatic N) is 3. The Bertz CT molecular complexity index is 462. The van der Waals surface area contributed by atoms with Gasteiger partial charge in [0.15, 0.2) is 0 Å². The largest absolute Gasteiger partial charge is 0.355 e. The van der Waals surface area contributed by atoms with Crippen molar-refractivity contribution in [3.05, 3.63) is 12.4 Å². The third-order valence-corrected chi connectivity index (χ3v) is 2.94. The molecule has 1 atom stereocenters. The van der Waals surface area contributed by atoms with Crippen molar-refractivity contribution in [2.45, 2.75) is 12.8 Å². The second kappa shape index (κ2) is 5.64. The molecule has 0 aromatic carbocycles. The smallest absolute Gasteiger partial charge is 0.229 e. The number of carbonyl (C=O) groups is 2. The number of hydrogen-bond donors (Lipinski definition) is 2. The number of nitrogens with one attached hydrogen (secondary N) is 2. The topological polar surface area (TPSA) is 87.2 Å². The van der Waals surface area contributed by atoms with Gasteiger partial charge in [-0.05, 0) is 6.42 Å². The van der Waals surface area contributed by atoms with Gasteiger partial charge in [0.2, 0.25) is 17.8 Å². The van der Waals surface area contributed by atoms with Crippen LogP contribution in [0.3, 0.4) is 0 Å². The summed E-state index contributed by atoms with van der Waals surface area (Å²) in [6, 6.07) is 0. The number of aromatic nitrogens is 2. The summed E-state index contributed by atoms with van der Waals surface area (Å²) in [6.07, 6.45) is 4.12. The minimum absolute atomic E-state index is 0.00252. The van der Waals surface area contributed by atoms with E-state index in [2.05, 4.69) is 20.6 Å². The number of anilines is 2. The Balaban J connectivity index is 1.93. The molecular formula is C12H17N5O2. The molecule has 0 aliphatic carbocycles. The summed E-state index contributed by atoms with van der Waals surface area (Å²) < 4.78 is 0. The van der Waals surface area contributed by atoms with Gasteiger partial charge in [-0.3, -0.25) is 9.59 Å². The Morgan fingerprint density at radius 1 is 1.42 bits per heavy atom. The Labute approximate surface area is 111 Å². The molecule has 1 unspecified atom stereocenters. The molecule has 1 aliphatic rings. The first-order valence-corrected chi connectivity index (χ1v) is 6.13. The SMILES string of the molecule is CN(C)c1ncc(NC(=O)C2CCC(=O)NC2)cn1. The van der Waals surface area contributed by atoms with Crippen LogP contribution in [0.4, 0.5) is 11.6 Å². The van der Waals surface area contributed by atoms with Gasteiger partial charge in [-0.15, -0.1) is 0 Å². The number of hydrogen-bond acceptors (Lipinski definition) is 5. The van der Waals surface area contributed by atoms with Crippen LogP contribution in [-0.4, -0.2) is 42.4 Å². The fourth-order valence-corrected chi connectivity index (χ4v) is 1.82. The van der Waals surface area contributed by atoms with Crippen molar-refractivity contribution in [3.8, 4) is 0 Å².